The number of carbonyl (C=O) groups is 2. The number of nitrogens with zero attached hydrogens (tertiary/aromatic N) is 1. The molecule has 8 heteroatoms. The lowest BCUT2D eigenvalue weighted by molar-refractivity contribution is -0.147. The minimum Gasteiger partial charge on any atom is -0.493 e. The molecule has 2 amide bonds. The molecule has 1 fully saturated rings. The van der Waals surface area contributed by atoms with Crippen molar-refractivity contribution < 1.29 is 19.4 Å². The molecule has 33 heavy (non-hydrogen) atoms. The molecule has 0 saturated carbocycles. The van der Waals surface area contributed by atoms with E-state index in [0.717, 1.165) is 16.9 Å². The number of thioether (sulfide) groups is 1. The van der Waals surface area contributed by atoms with Gasteiger partial charge < -0.3 is 25.8 Å². The number of fused-ring (bicyclic) bond motifs is 1. The van der Waals surface area contributed by atoms with Gasteiger partial charge in [0.2, 0.25) is 5.91 Å². The first-order valence-corrected chi connectivity index (χ1v) is 12.2. The highest BCUT2D eigenvalue weighted by molar-refractivity contribution is 8.00. The van der Waals surface area contributed by atoms with Crippen LogP contribution in [0.1, 0.15) is 37.4 Å². The summed E-state index contributed by atoms with van der Waals surface area (Å²) in [5.74, 6) is 0.348. The summed E-state index contributed by atoms with van der Waals surface area (Å²) in [5.41, 5.74) is 8.07. The molecular weight excluding hydrogens is 438 g/mol. The molecule has 0 radical (unpaired) electrons. The van der Waals surface area contributed by atoms with Gasteiger partial charge >= 0.3 is 0 Å². The zero-order valence-electron chi connectivity index (χ0n) is 18.9. The van der Waals surface area contributed by atoms with Gasteiger partial charge in [-0.2, -0.15) is 0 Å². The monoisotopic (exact) mass is 469 g/mol. The van der Waals surface area contributed by atoms with E-state index < -0.39 is 28.8 Å². The number of amides is 2. The molecule has 2 aliphatic rings. The molecule has 7 nitrogen and oxygen atoms in total. The van der Waals surface area contributed by atoms with E-state index in [2.05, 4.69) is 5.32 Å². The largest absolute Gasteiger partial charge is 0.493 e. The van der Waals surface area contributed by atoms with Crippen LogP contribution < -0.4 is 15.8 Å². The Morgan fingerprint density at radius 3 is 2.67 bits per heavy atom. The first-order valence-electron chi connectivity index (χ1n) is 11.2. The predicted molar refractivity (Wildman–Crippen MR) is 129 cm³/mol. The van der Waals surface area contributed by atoms with E-state index in [1.54, 1.807) is 0 Å². The van der Waals surface area contributed by atoms with Crippen LogP contribution in [0.15, 0.2) is 54.6 Å². The molecule has 4 rings (SSSR count). The minimum atomic E-state index is -1.39. The van der Waals surface area contributed by atoms with Crippen LogP contribution in [0.25, 0.3) is 0 Å². The fraction of sp³-hybridized carbons (Fsp3) is 0.440. The van der Waals surface area contributed by atoms with Gasteiger partial charge in [0.05, 0.1) is 18.5 Å². The van der Waals surface area contributed by atoms with Gasteiger partial charge in [-0.1, -0.05) is 48.5 Å². The number of hydrogen-bond acceptors (Lipinski definition) is 6. The second kappa shape index (κ2) is 9.75. The molecule has 0 bridgehead atoms. The van der Waals surface area contributed by atoms with Crippen molar-refractivity contribution in [1.29, 1.82) is 0 Å². The number of benzene rings is 2. The number of nitrogens with two attached hydrogens (primary N) is 1. The molecule has 4 unspecified atom stereocenters. The number of nitrogens with one attached hydrogen (secondary N) is 1. The van der Waals surface area contributed by atoms with Crippen molar-refractivity contribution in [2.45, 2.75) is 55.7 Å². The van der Waals surface area contributed by atoms with Gasteiger partial charge in [-0.3, -0.25) is 9.59 Å². The predicted octanol–water partition coefficient (Wildman–Crippen LogP) is 2.24. The topological polar surface area (TPSA) is 105 Å². The van der Waals surface area contributed by atoms with Crippen LogP contribution >= 0.6 is 11.8 Å². The number of ether oxygens (including phenoxy) is 1. The lowest BCUT2D eigenvalue weighted by Crippen LogP contribution is -2.58. The van der Waals surface area contributed by atoms with E-state index in [1.807, 2.05) is 68.4 Å². The van der Waals surface area contributed by atoms with Crippen molar-refractivity contribution in [2.75, 3.05) is 12.5 Å². The fourth-order valence-corrected chi connectivity index (χ4v) is 5.65. The van der Waals surface area contributed by atoms with E-state index >= 15 is 0 Å². The zero-order valence-corrected chi connectivity index (χ0v) is 19.8. The molecule has 4 atom stereocenters. The highest BCUT2D eigenvalue weighted by Crippen LogP contribution is 2.40. The Morgan fingerprint density at radius 2 is 1.91 bits per heavy atom. The molecule has 0 aliphatic carbocycles. The highest BCUT2D eigenvalue weighted by Gasteiger charge is 2.50. The van der Waals surface area contributed by atoms with Gasteiger partial charge in [0.1, 0.15) is 17.9 Å². The van der Waals surface area contributed by atoms with Gasteiger partial charge in [-0.05, 0) is 31.9 Å². The minimum absolute atomic E-state index is 0.189. The molecule has 0 spiro atoms. The van der Waals surface area contributed by atoms with Crippen LogP contribution in [0.2, 0.25) is 0 Å². The van der Waals surface area contributed by atoms with Crippen LogP contribution in [-0.2, 0) is 16.0 Å². The summed E-state index contributed by atoms with van der Waals surface area (Å²) in [4.78, 5) is 28.2. The summed E-state index contributed by atoms with van der Waals surface area (Å²) in [7, 11) is 0. The summed E-state index contributed by atoms with van der Waals surface area (Å²) >= 11 is 1.52. The average Bonchev–Trinajstić information content (AvgIpc) is 3.14. The molecule has 176 valence electrons. The molecular formula is C25H31N3O4S. The van der Waals surface area contributed by atoms with Crippen molar-refractivity contribution in [3.8, 4) is 5.75 Å². The molecule has 2 heterocycles. The maximum absolute atomic E-state index is 13.5. The number of carbonyl (C=O) groups excluding carboxylic acids is 2. The van der Waals surface area contributed by atoms with E-state index in [0.29, 0.717) is 25.3 Å². The molecule has 2 aromatic rings. The Hall–Kier alpha value is -2.55. The van der Waals surface area contributed by atoms with Crippen molar-refractivity contribution >= 4 is 23.6 Å². The van der Waals surface area contributed by atoms with Crippen LogP contribution in [0.3, 0.4) is 0 Å². The van der Waals surface area contributed by atoms with Gasteiger partial charge in [-0.25, -0.2) is 0 Å². The van der Waals surface area contributed by atoms with Gasteiger partial charge in [0.15, 0.2) is 0 Å². The first kappa shape index (κ1) is 23.6. The van der Waals surface area contributed by atoms with Crippen molar-refractivity contribution in [3.05, 3.63) is 65.7 Å². The Balaban J connectivity index is 1.48. The number of aliphatic hydroxyl groups is 1. The van der Waals surface area contributed by atoms with Crippen LogP contribution in [0.4, 0.5) is 0 Å². The average molecular weight is 470 g/mol. The Labute approximate surface area is 198 Å². The van der Waals surface area contributed by atoms with Gasteiger partial charge in [0.25, 0.3) is 5.91 Å². The second-order valence-electron chi connectivity index (χ2n) is 9.12. The van der Waals surface area contributed by atoms with Gasteiger partial charge in [0, 0.05) is 22.8 Å². The number of rotatable bonds is 6. The maximum Gasteiger partial charge on any atom is 0.254 e. The van der Waals surface area contributed by atoms with E-state index in [1.165, 1.54) is 16.7 Å². The van der Waals surface area contributed by atoms with E-state index in [9.17, 15) is 14.7 Å². The summed E-state index contributed by atoms with van der Waals surface area (Å²) in [6.07, 6.45) is -0.367. The summed E-state index contributed by atoms with van der Waals surface area (Å²) in [6, 6.07) is 15.5. The molecule has 1 saturated heterocycles. The summed E-state index contributed by atoms with van der Waals surface area (Å²) in [5, 5.41) is 13.9. The maximum atomic E-state index is 13.5. The Morgan fingerprint density at radius 1 is 1.21 bits per heavy atom. The SMILES string of the molecule is CC1(C)SCN(C(=O)C(O)C(N)Cc2ccccc2)C1C(=O)NC1CCOc2ccccc21. The summed E-state index contributed by atoms with van der Waals surface area (Å²) in [6.45, 7) is 4.41. The third kappa shape index (κ3) is 5.03. The highest BCUT2D eigenvalue weighted by atomic mass is 32.2. The van der Waals surface area contributed by atoms with E-state index in [-0.39, 0.29) is 11.9 Å². The fourth-order valence-electron chi connectivity index (χ4n) is 4.51. The standard InChI is InChI=1S/C25H31N3O4S/c1-25(2)22(23(30)27-19-12-13-32-20-11-7-6-10-17(19)20)28(15-33-25)24(31)21(29)18(26)14-16-8-4-3-5-9-16/h3-11,18-19,21-22,29H,12-15,26H2,1-2H3,(H,27,30). The molecule has 2 aliphatic heterocycles. The third-order valence-corrected chi connectivity index (χ3v) is 7.70. The number of para-hydroxylation sites is 1. The normalized spacial score (nSPS) is 23.2. The number of hydrogen-bond donors (Lipinski definition) is 3. The number of aliphatic hydroxyl groups excluding tert-OH is 1. The van der Waals surface area contributed by atoms with Crippen LogP contribution in [-0.4, -0.2) is 57.2 Å². The molecule has 4 N–H and O–H groups in total. The lowest BCUT2D eigenvalue weighted by Gasteiger charge is -2.34. The van der Waals surface area contributed by atoms with Gasteiger partial charge in [-0.15, -0.1) is 11.8 Å². The zero-order chi connectivity index (χ0) is 23.6. The van der Waals surface area contributed by atoms with E-state index in [4.69, 9.17) is 10.5 Å². The van der Waals surface area contributed by atoms with Crippen molar-refractivity contribution in [1.82, 2.24) is 10.2 Å². The smallest absolute Gasteiger partial charge is 0.254 e. The first-order chi connectivity index (χ1) is 15.8. The third-order valence-electron chi connectivity index (χ3n) is 6.33. The molecule has 0 aromatic heterocycles. The van der Waals surface area contributed by atoms with Crippen molar-refractivity contribution in [3.63, 3.8) is 0 Å². The molecule has 2 aromatic carbocycles. The summed E-state index contributed by atoms with van der Waals surface area (Å²) < 4.78 is 5.19. The van der Waals surface area contributed by atoms with Crippen LogP contribution in [0, 0.1) is 0 Å². The lowest BCUT2D eigenvalue weighted by atomic mass is 9.96. The van der Waals surface area contributed by atoms with Crippen LogP contribution in [0.5, 0.6) is 5.75 Å². The van der Waals surface area contributed by atoms with Crippen molar-refractivity contribution in [2.24, 2.45) is 5.73 Å². The quantitative estimate of drug-likeness (QED) is 0.599. The Bertz CT molecular complexity index is 1000. The Kier molecular flexibility index (Phi) is 6.97. The second-order valence-corrected chi connectivity index (χ2v) is 10.7.